The lowest BCUT2D eigenvalue weighted by Crippen LogP contribution is -2.13. The number of nitrogens with one attached hydrogen (secondary N) is 2. The molecule has 1 aromatic carbocycles. The number of aryl methyl sites for hydroxylation is 1. The molecule has 0 atom stereocenters. The summed E-state index contributed by atoms with van der Waals surface area (Å²) in [6.07, 6.45) is 4.16. The van der Waals surface area contributed by atoms with Crippen molar-refractivity contribution in [1.82, 2.24) is 4.98 Å². The number of ether oxygens (including phenoxy) is 1. The molecular weight excluding hydrogens is 278 g/mol. The molecule has 1 heterocycles. The molecule has 0 aliphatic rings. The first-order chi connectivity index (χ1) is 10.7. The third kappa shape index (κ3) is 4.86. The molecule has 0 spiro atoms. The lowest BCUT2D eigenvalue weighted by Gasteiger charge is -2.09. The van der Waals surface area contributed by atoms with Gasteiger partial charge in [-0.2, -0.15) is 0 Å². The number of benzene rings is 1. The van der Waals surface area contributed by atoms with Gasteiger partial charge in [0, 0.05) is 38.3 Å². The topological polar surface area (TPSA) is 63.2 Å². The summed E-state index contributed by atoms with van der Waals surface area (Å²) in [5.74, 6) is -0.168. The zero-order chi connectivity index (χ0) is 15.8. The lowest BCUT2D eigenvalue weighted by molar-refractivity contribution is 0.102. The molecule has 0 bridgehead atoms. The van der Waals surface area contributed by atoms with E-state index in [4.69, 9.17) is 4.74 Å². The molecule has 2 N–H and O–H groups in total. The summed E-state index contributed by atoms with van der Waals surface area (Å²) in [6.45, 7) is 3.47. The molecule has 5 heteroatoms. The van der Waals surface area contributed by atoms with Crippen molar-refractivity contribution in [3.8, 4) is 0 Å². The van der Waals surface area contributed by atoms with Gasteiger partial charge in [0.1, 0.15) is 0 Å². The van der Waals surface area contributed by atoms with Crippen LogP contribution in [0.5, 0.6) is 0 Å². The fourth-order valence-corrected chi connectivity index (χ4v) is 2.04. The van der Waals surface area contributed by atoms with Gasteiger partial charge in [-0.1, -0.05) is 12.1 Å². The highest BCUT2D eigenvalue weighted by Crippen LogP contribution is 2.13. The van der Waals surface area contributed by atoms with Gasteiger partial charge in [-0.25, -0.2) is 0 Å². The van der Waals surface area contributed by atoms with E-state index >= 15 is 0 Å². The standard InChI is InChI=1S/C17H21N3O2/c1-13-5-3-6-15(9-13)20-17(21)14-10-16(12-18-11-14)19-7-4-8-22-2/h3,5-6,9-12,19H,4,7-8H2,1-2H3,(H,20,21). The van der Waals surface area contributed by atoms with Gasteiger partial charge < -0.3 is 15.4 Å². The van der Waals surface area contributed by atoms with E-state index in [0.29, 0.717) is 12.2 Å². The molecule has 0 aliphatic heterocycles. The normalized spacial score (nSPS) is 10.3. The van der Waals surface area contributed by atoms with Gasteiger partial charge in [-0.3, -0.25) is 9.78 Å². The van der Waals surface area contributed by atoms with Gasteiger partial charge in [0.25, 0.3) is 5.91 Å². The van der Waals surface area contributed by atoms with Gasteiger partial charge in [-0.15, -0.1) is 0 Å². The summed E-state index contributed by atoms with van der Waals surface area (Å²) in [6, 6.07) is 9.49. The molecule has 2 aromatic rings. The van der Waals surface area contributed by atoms with E-state index in [9.17, 15) is 4.79 Å². The third-order valence-corrected chi connectivity index (χ3v) is 3.13. The smallest absolute Gasteiger partial charge is 0.257 e. The van der Waals surface area contributed by atoms with Crippen LogP contribution in [-0.4, -0.2) is 31.2 Å². The summed E-state index contributed by atoms with van der Waals surface area (Å²) >= 11 is 0. The fraction of sp³-hybridized carbons (Fsp3) is 0.294. The van der Waals surface area contributed by atoms with Crippen molar-refractivity contribution >= 4 is 17.3 Å². The minimum atomic E-state index is -0.168. The second-order valence-electron chi connectivity index (χ2n) is 5.06. The average molecular weight is 299 g/mol. The molecule has 0 unspecified atom stereocenters. The number of carbonyl (C=O) groups excluding carboxylic acids is 1. The minimum Gasteiger partial charge on any atom is -0.385 e. The molecule has 0 fully saturated rings. The van der Waals surface area contributed by atoms with Crippen LogP contribution in [0.3, 0.4) is 0 Å². The molecule has 0 saturated carbocycles. The van der Waals surface area contributed by atoms with Crippen molar-refractivity contribution in [3.63, 3.8) is 0 Å². The van der Waals surface area contributed by atoms with Crippen molar-refractivity contribution < 1.29 is 9.53 Å². The van der Waals surface area contributed by atoms with Crippen molar-refractivity contribution in [2.45, 2.75) is 13.3 Å². The second-order valence-corrected chi connectivity index (χ2v) is 5.06. The summed E-state index contributed by atoms with van der Waals surface area (Å²) < 4.78 is 5.00. The Balaban J connectivity index is 1.97. The monoisotopic (exact) mass is 299 g/mol. The van der Waals surface area contributed by atoms with E-state index in [1.54, 1.807) is 25.6 Å². The van der Waals surface area contributed by atoms with Crippen LogP contribution in [-0.2, 0) is 4.74 Å². The first-order valence-electron chi connectivity index (χ1n) is 7.25. The van der Waals surface area contributed by atoms with Gasteiger partial charge >= 0.3 is 0 Å². The summed E-state index contributed by atoms with van der Waals surface area (Å²) in [4.78, 5) is 16.4. The van der Waals surface area contributed by atoms with Crippen LogP contribution in [0, 0.1) is 6.92 Å². The Morgan fingerprint density at radius 2 is 2.09 bits per heavy atom. The van der Waals surface area contributed by atoms with Crippen molar-refractivity contribution in [2.75, 3.05) is 30.9 Å². The number of aromatic nitrogens is 1. The first-order valence-corrected chi connectivity index (χ1v) is 7.25. The van der Waals surface area contributed by atoms with Crippen molar-refractivity contribution in [3.05, 3.63) is 53.9 Å². The predicted octanol–water partition coefficient (Wildman–Crippen LogP) is 3.09. The van der Waals surface area contributed by atoms with Crippen molar-refractivity contribution in [2.24, 2.45) is 0 Å². The molecular formula is C17H21N3O2. The van der Waals surface area contributed by atoms with Gasteiger partial charge in [-0.05, 0) is 37.1 Å². The molecule has 22 heavy (non-hydrogen) atoms. The molecule has 0 radical (unpaired) electrons. The van der Waals surface area contributed by atoms with Crippen LogP contribution in [0.4, 0.5) is 11.4 Å². The van der Waals surface area contributed by atoms with Gasteiger partial charge in [0.05, 0.1) is 11.3 Å². The number of nitrogens with zero attached hydrogens (tertiary/aromatic N) is 1. The molecule has 0 saturated heterocycles. The van der Waals surface area contributed by atoms with E-state index in [0.717, 1.165) is 29.9 Å². The number of pyridine rings is 1. The Morgan fingerprint density at radius 3 is 2.86 bits per heavy atom. The van der Waals surface area contributed by atoms with Gasteiger partial charge in [0.15, 0.2) is 0 Å². The number of rotatable bonds is 7. The fourth-order valence-electron chi connectivity index (χ4n) is 2.04. The third-order valence-electron chi connectivity index (χ3n) is 3.13. The zero-order valence-corrected chi connectivity index (χ0v) is 12.9. The second kappa shape index (κ2) is 8.14. The Bertz CT molecular complexity index is 629. The van der Waals surface area contributed by atoms with Crippen molar-refractivity contribution in [1.29, 1.82) is 0 Å². The number of hydrogen-bond donors (Lipinski definition) is 2. The van der Waals surface area contributed by atoms with Gasteiger partial charge in [0.2, 0.25) is 0 Å². The highest BCUT2D eigenvalue weighted by Gasteiger charge is 2.07. The molecule has 5 nitrogen and oxygen atoms in total. The van der Waals surface area contributed by atoms with E-state index in [-0.39, 0.29) is 5.91 Å². The number of anilines is 2. The summed E-state index contributed by atoms with van der Waals surface area (Å²) in [5, 5.41) is 6.10. The Labute approximate surface area is 130 Å². The maximum absolute atomic E-state index is 12.3. The molecule has 2 rings (SSSR count). The van der Waals surface area contributed by atoms with E-state index in [2.05, 4.69) is 15.6 Å². The summed E-state index contributed by atoms with van der Waals surface area (Å²) in [5.41, 5.74) is 3.24. The van der Waals surface area contributed by atoms with E-state index < -0.39 is 0 Å². The largest absolute Gasteiger partial charge is 0.385 e. The number of amides is 1. The average Bonchev–Trinajstić information content (AvgIpc) is 2.52. The minimum absolute atomic E-state index is 0.168. The van der Waals surface area contributed by atoms with Crippen LogP contribution in [0.2, 0.25) is 0 Å². The SMILES string of the molecule is COCCCNc1cncc(C(=O)Nc2cccc(C)c2)c1. The summed E-state index contributed by atoms with van der Waals surface area (Å²) in [7, 11) is 1.68. The van der Waals surface area contributed by atoms with E-state index in [1.807, 2.05) is 31.2 Å². The lowest BCUT2D eigenvalue weighted by atomic mass is 10.2. The van der Waals surface area contributed by atoms with Crippen LogP contribution in [0.15, 0.2) is 42.7 Å². The molecule has 0 aliphatic carbocycles. The zero-order valence-electron chi connectivity index (χ0n) is 12.9. The molecule has 1 amide bonds. The molecule has 116 valence electrons. The van der Waals surface area contributed by atoms with Crippen LogP contribution in [0.25, 0.3) is 0 Å². The van der Waals surface area contributed by atoms with Crippen LogP contribution < -0.4 is 10.6 Å². The number of carbonyl (C=O) groups is 1. The quantitative estimate of drug-likeness (QED) is 0.771. The molecule has 1 aromatic heterocycles. The Kier molecular flexibility index (Phi) is 5.91. The number of hydrogen-bond acceptors (Lipinski definition) is 4. The van der Waals surface area contributed by atoms with E-state index in [1.165, 1.54) is 0 Å². The maximum atomic E-state index is 12.3. The Hall–Kier alpha value is -2.40. The highest BCUT2D eigenvalue weighted by atomic mass is 16.5. The highest BCUT2D eigenvalue weighted by molar-refractivity contribution is 6.04. The predicted molar refractivity (Wildman–Crippen MR) is 88.4 cm³/mol. The number of methoxy groups -OCH3 is 1. The Morgan fingerprint density at radius 1 is 1.23 bits per heavy atom. The first kappa shape index (κ1) is 16.0. The van der Waals surface area contributed by atoms with Crippen LogP contribution in [0.1, 0.15) is 22.3 Å². The maximum Gasteiger partial charge on any atom is 0.257 e. The van der Waals surface area contributed by atoms with Crippen LogP contribution >= 0.6 is 0 Å².